The second-order valence-corrected chi connectivity index (χ2v) is 9.84. The minimum Gasteiger partial charge on any atom is -0.121 e. The molecule has 0 fully saturated rings. The van der Waals surface area contributed by atoms with E-state index in [9.17, 15) is 0 Å². The highest BCUT2D eigenvalue weighted by Gasteiger charge is 2.26. The zero-order valence-corrected chi connectivity index (χ0v) is 7.90. The van der Waals surface area contributed by atoms with Gasteiger partial charge in [-0.2, -0.15) is 0 Å². The molecule has 0 aliphatic heterocycles. The van der Waals surface area contributed by atoms with Crippen molar-refractivity contribution >= 4 is 44.4 Å². The molecule has 0 N–H and O–H groups in total. The van der Waals surface area contributed by atoms with Gasteiger partial charge in [-0.05, 0) is 5.19 Å². The molecule has 0 saturated carbocycles. The molecule has 1 aromatic rings. The summed E-state index contributed by atoms with van der Waals surface area (Å²) in [5, 5.41) is -0.196. The van der Waals surface area contributed by atoms with Crippen molar-refractivity contribution in [2.75, 3.05) is 0 Å². The van der Waals surface area contributed by atoms with Crippen molar-refractivity contribution in [1.29, 1.82) is 0 Å². The molecule has 1 aromatic carbocycles. The van der Waals surface area contributed by atoms with Crippen molar-refractivity contribution in [3.63, 3.8) is 0 Å². The third-order valence-electron chi connectivity index (χ3n) is 0.783. The van der Waals surface area contributed by atoms with Crippen LogP contribution in [0.15, 0.2) is 30.2 Å². The Morgan fingerprint density at radius 2 is 1.60 bits per heavy atom. The summed E-state index contributed by atoms with van der Waals surface area (Å²) in [5.41, 5.74) is 0. The van der Waals surface area contributed by atoms with Crippen molar-refractivity contribution < 1.29 is 6.85 Å². The lowest BCUT2D eigenvalue weighted by atomic mass is 10.4. The highest BCUT2D eigenvalue weighted by molar-refractivity contribution is 7.69. The Labute approximate surface area is 81.9 Å². The van der Waals surface area contributed by atoms with Gasteiger partial charge < -0.3 is 0 Å². The second-order valence-electron chi connectivity index (χ2n) is 1.50. The zero-order chi connectivity index (χ0) is 12.0. The van der Waals surface area contributed by atoms with E-state index in [0.717, 1.165) is 0 Å². The molecular weight excluding hydrogens is 207 g/mol. The van der Waals surface area contributed by atoms with Gasteiger partial charge in [0.15, 0.2) is 0 Å². The third-order valence-corrected chi connectivity index (χ3v) is 3.30. The smallest absolute Gasteiger partial charge is 0.121 e. The van der Waals surface area contributed by atoms with Gasteiger partial charge in [0, 0.05) is 0 Å². The Morgan fingerprint density at radius 3 is 2.00 bits per heavy atom. The quantitative estimate of drug-likeness (QED) is 0.500. The van der Waals surface area contributed by atoms with Gasteiger partial charge in [0.25, 0.3) is 0 Å². The third kappa shape index (κ3) is 2.17. The molecule has 0 saturated heterocycles. The van der Waals surface area contributed by atoms with E-state index in [0.29, 0.717) is 0 Å². The van der Waals surface area contributed by atoms with E-state index in [4.69, 9.17) is 40.1 Å². The molecule has 10 heavy (non-hydrogen) atoms. The summed E-state index contributed by atoms with van der Waals surface area (Å²) in [6, 6.07) is -5.82. The highest BCUT2D eigenvalue weighted by Crippen LogP contribution is 2.18. The molecule has 4 heteroatoms. The molecule has 0 amide bonds. The lowest BCUT2D eigenvalue weighted by Crippen LogP contribution is -2.29. The van der Waals surface area contributed by atoms with Gasteiger partial charge in [0.05, 0.1) is 6.85 Å². The Hall–Kier alpha value is 0.307. The molecule has 1 rings (SSSR count). The van der Waals surface area contributed by atoms with Crippen LogP contribution >= 0.6 is 33.2 Å². The lowest BCUT2D eigenvalue weighted by Gasteiger charge is -2.05. The number of rotatable bonds is 1. The van der Waals surface area contributed by atoms with E-state index in [1.165, 1.54) is 0 Å². The Morgan fingerprint density at radius 1 is 1.10 bits per heavy atom. The summed E-state index contributed by atoms with van der Waals surface area (Å²) in [6.07, 6.45) is 0. The van der Waals surface area contributed by atoms with Crippen LogP contribution < -0.4 is 5.19 Å². The topological polar surface area (TPSA) is 0 Å². The van der Waals surface area contributed by atoms with Crippen LogP contribution in [-0.2, 0) is 0 Å². The summed E-state index contributed by atoms with van der Waals surface area (Å²) in [7, 11) is 0. The molecule has 0 spiro atoms. The fraction of sp³-hybridized carbons (Fsp3) is 0. The van der Waals surface area contributed by atoms with Gasteiger partial charge in [0.1, 0.15) is 0 Å². The first-order chi connectivity index (χ1) is 6.68. The number of hydrogen-bond acceptors (Lipinski definition) is 0. The van der Waals surface area contributed by atoms with Crippen molar-refractivity contribution in [1.82, 2.24) is 0 Å². The van der Waals surface area contributed by atoms with E-state index in [1.807, 2.05) is 0 Å². The molecule has 0 aromatic heterocycles. The van der Waals surface area contributed by atoms with Crippen molar-refractivity contribution in [3.05, 3.63) is 30.2 Å². The Balaban J connectivity index is 3.68. The summed E-state index contributed by atoms with van der Waals surface area (Å²) in [4.78, 5) is 0. The molecule has 0 bridgehead atoms. The van der Waals surface area contributed by atoms with Crippen molar-refractivity contribution in [2.24, 2.45) is 0 Å². The Kier molecular flexibility index (Phi) is 1.20. The normalized spacial score (nSPS) is 18.5. The average Bonchev–Trinajstić information content (AvgIpc) is 2.09. The SMILES string of the molecule is [2H]c1c([2H])c([2H])c([Si](Cl)(Cl)Cl)c([2H])c1[2H]. The van der Waals surface area contributed by atoms with Crippen LogP contribution in [-0.4, -0.2) is 6.00 Å². The summed E-state index contributed by atoms with van der Waals surface area (Å²) < 4.78 is 37.0. The van der Waals surface area contributed by atoms with E-state index >= 15 is 0 Å². The fourth-order valence-electron chi connectivity index (χ4n) is 0.392. The fourth-order valence-corrected chi connectivity index (χ4v) is 1.65. The molecule has 0 atom stereocenters. The van der Waals surface area contributed by atoms with Crippen molar-refractivity contribution in [2.45, 2.75) is 0 Å². The standard InChI is InChI=1S/C6H5Cl3Si/c7-10(8,9)6-4-2-1-3-5-6/h1-5H/i1D,2D,3D,4D,5D. The van der Waals surface area contributed by atoms with E-state index in [-0.39, 0.29) is 5.19 Å². The highest BCUT2D eigenvalue weighted by atomic mass is 35.8. The van der Waals surface area contributed by atoms with E-state index in [2.05, 4.69) is 0 Å². The van der Waals surface area contributed by atoms with Gasteiger partial charge in [-0.3, -0.25) is 0 Å². The molecule has 54 valence electrons. The molecule has 0 radical (unpaired) electrons. The summed E-state index contributed by atoms with van der Waals surface area (Å²) >= 11 is 17.0. The van der Waals surface area contributed by atoms with Crippen LogP contribution in [0.2, 0.25) is 0 Å². The zero-order valence-electron chi connectivity index (χ0n) is 9.63. The Bertz CT molecular complexity index is 387. The summed E-state index contributed by atoms with van der Waals surface area (Å²) in [6.45, 7) is 0. The van der Waals surface area contributed by atoms with E-state index in [1.54, 1.807) is 0 Å². The minimum absolute atomic E-state index is 0.196. The van der Waals surface area contributed by atoms with Crippen LogP contribution in [0.3, 0.4) is 0 Å². The summed E-state index contributed by atoms with van der Waals surface area (Å²) in [5.74, 6) is 0. The first-order valence-corrected chi connectivity index (χ1v) is 7.35. The molecule has 0 heterocycles. The van der Waals surface area contributed by atoms with Crippen molar-refractivity contribution in [3.8, 4) is 0 Å². The van der Waals surface area contributed by atoms with Crippen LogP contribution in [0, 0.1) is 0 Å². The van der Waals surface area contributed by atoms with Crippen LogP contribution in [0.4, 0.5) is 0 Å². The maximum absolute atomic E-state index is 7.50. The minimum atomic E-state index is -3.49. The largest absolute Gasteiger partial charge is 0.372 e. The lowest BCUT2D eigenvalue weighted by molar-refractivity contribution is 1.77. The average molecular weight is 217 g/mol. The molecule has 0 aliphatic carbocycles. The van der Waals surface area contributed by atoms with Gasteiger partial charge in [0.2, 0.25) is 0 Å². The number of hydrogen-bond donors (Lipinski definition) is 0. The van der Waals surface area contributed by atoms with Gasteiger partial charge >= 0.3 is 6.00 Å². The van der Waals surface area contributed by atoms with Gasteiger partial charge in [-0.1, -0.05) is 30.2 Å². The predicted octanol–water partition coefficient (Wildman–Crippen LogP) is 2.55. The molecule has 0 nitrogen and oxygen atoms in total. The number of halogens is 3. The maximum atomic E-state index is 7.50. The van der Waals surface area contributed by atoms with Crippen LogP contribution in [0.1, 0.15) is 6.85 Å². The molecule has 0 aliphatic rings. The molecular formula is C6H5Cl3Si. The second kappa shape index (κ2) is 3.14. The van der Waals surface area contributed by atoms with Crippen LogP contribution in [0.25, 0.3) is 0 Å². The van der Waals surface area contributed by atoms with Gasteiger partial charge in [-0.25, -0.2) is 0 Å². The first-order valence-electron chi connectivity index (χ1n) is 4.82. The van der Waals surface area contributed by atoms with E-state index < -0.39 is 36.2 Å². The van der Waals surface area contributed by atoms with Gasteiger partial charge in [-0.15, -0.1) is 33.2 Å². The van der Waals surface area contributed by atoms with Crippen LogP contribution in [0.5, 0.6) is 0 Å². The monoisotopic (exact) mass is 215 g/mol. The maximum Gasteiger partial charge on any atom is 0.372 e. The first kappa shape index (κ1) is 3.81. The predicted molar refractivity (Wildman–Crippen MR) is 49.4 cm³/mol. The molecule has 0 unspecified atom stereocenters. The number of benzene rings is 1.